The number of hydrogen-bond acceptors (Lipinski definition) is 4. The molecule has 1 aromatic rings. The minimum atomic E-state index is 0.110. The number of aromatic nitrogens is 1. The van der Waals surface area contributed by atoms with Crippen LogP contribution in [0.1, 0.15) is 41.6 Å². The standard InChI is InChI=1S/C17H20N2O2S/c20-17-15-10-18-16(21-14-3-1-2-4-14)9-12(15)5-7-19(17)13-6-8-22-11-13/h6,8-10,13-14H,1-5,7,11H2. The number of nitrogens with zero attached hydrogens (tertiary/aromatic N) is 2. The summed E-state index contributed by atoms with van der Waals surface area (Å²) >= 11 is 1.77. The molecule has 1 aliphatic carbocycles. The Balaban J connectivity index is 1.52. The van der Waals surface area contributed by atoms with Crippen LogP contribution in [0.3, 0.4) is 0 Å². The minimum Gasteiger partial charge on any atom is -0.474 e. The van der Waals surface area contributed by atoms with Gasteiger partial charge in [0.25, 0.3) is 5.91 Å². The quantitative estimate of drug-likeness (QED) is 0.859. The predicted octanol–water partition coefficient (Wildman–Crippen LogP) is 3.03. The zero-order chi connectivity index (χ0) is 14.9. The van der Waals surface area contributed by atoms with Crippen molar-refractivity contribution in [2.75, 3.05) is 12.3 Å². The monoisotopic (exact) mass is 316 g/mol. The largest absolute Gasteiger partial charge is 0.474 e. The molecule has 4 nitrogen and oxygen atoms in total. The minimum absolute atomic E-state index is 0.110. The number of carbonyl (C=O) groups is 1. The average Bonchev–Trinajstić information content (AvgIpc) is 3.21. The summed E-state index contributed by atoms with van der Waals surface area (Å²) < 4.78 is 5.95. The number of fused-ring (bicyclic) bond motifs is 1. The molecule has 1 unspecified atom stereocenters. The number of thioether (sulfide) groups is 1. The Morgan fingerprint density at radius 3 is 2.95 bits per heavy atom. The molecule has 0 radical (unpaired) electrons. The molecule has 22 heavy (non-hydrogen) atoms. The summed E-state index contributed by atoms with van der Waals surface area (Å²) in [5, 5.41) is 2.09. The highest BCUT2D eigenvalue weighted by Crippen LogP contribution is 2.28. The normalized spacial score (nSPS) is 24.8. The fourth-order valence-corrected chi connectivity index (χ4v) is 4.37. The fourth-order valence-electron chi connectivity index (χ4n) is 3.48. The molecule has 0 N–H and O–H groups in total. The van der Waals surface area contributed by atoms with Gasteiger partial charge in [-0.3, -0.25) is 4.79 Å². The van der Waals surface area contributed by atoms with Crippen LogP contribution >= 0.6 is 11.8 Å². The van der Waals surface area contributed by atoms with Crippen molar-refractivity contribution in [3.05, 3.63) is 34.9 Å². The van der Waals surface area contributed by atoms with Crippen molar-refractivity contribution in [1.82, 2.24) is 9.88 Å². The summed E-state index contributed by atoms with van der Waals surface area (Å²) in [5.74, 6) is 1.76. The van der Waals surface area contributed by atoms with Gasteiger partial charge in [-0.25, -0.2) is 4.98 Å². The number of hydrogen-bond donors (Lipinski definition) is 0. The molecule has 1 atom stereocenters. The number of rotatable bonds is 3. The van der Waals surface area contributed by atoms with E-state index in [9.17, 15) is 4.79 Å². The molecule has 3 heterocycles. The van der Waals surface area contributed by atoms with E-state index in [2.05, 4.69) is 16.5 Å². The zero-order valence-electron chi connectivity index (χ0n) is 12.5. The maximum Gasteiger partial charge on any atom is 0.256 e. The molecule has 1 aromatic heterocycles. The van der Waals surface area contributed by atoms with E-state index in [0.29, 0.717) is 12.0 Å². The highest BCUT2D eigenvalue weighted by Gasteiger charge is 2.30. The van der Waals surface area contributed by atoms with E-state index >= 15 is 0 Å². The van der Waals surface area contributed by atoms with Crippen LogP contribution in [0, 0.1) is 0 Å². The van der Waals surface area contributed by atoms with Crippen molar-refractivity contribution in [3.63, 3.8) is 0 Å². The lowest BCUT2D eigenvalue weighted by atomic mass is 10.00. The van der Waals surface area contributed by atoms with Crippen LogP contribution in [0.2, 0.25) is 0 Å². The lowest BCUT2D eigenvalue weighted by molar-refractivity contribution is 0.0710. The van der Waals surface area contributed by atoms with Gasteiger partial charge in [0.05, 0.1) is 11.6 Å². The number of carbonyl (C=O) groups excluding carboxylic acids is 1. The molecule has 3 aliphatic rings. The Bertz CT molecular complexity index is 611. The third-order valence-corrected chi connectivity index (χ3v) is 5.62. The Morgan fingerprint density at radius 2 is 2.18 bits per heavy atom. The summed E-state index contributed by atoms with van der Waals surface area (Å²) in [5.41, 5.74) is 1.83. The second kappa shape index (κ2) is 5.95. The van der Waals surface area contributed by atoms with Crippen LogP contribution in [-0.4, -0.2) is 40.2 Å². The molecule has 0 spiro atoms. The van der Waals surface area contributed by atoms with Crippen molar-refractivity contribution in [1.29, 1.82) is 0 Å². The molecule has 1 amide bonds. The second-order valence-corrected chi connectivity index (χ2v) is 7.12. The van der Waals surface area contributed by atoms with E-state index in [4.69, 9.17) is 4.74 Å². The Kier molecular flexibility index (Phi) is 3.82. The van der Waals surface area contributed by atoms with Crippen LogP contribution in [0.25, 0.3) is 0 Å². The van der Waals surface area contributed by atoms with E-state index in [1.54, 1.807) is 18.0 Å². The third kappa shape index (κ3) is 2.62. The number of ether oxygens (including phenoxy) is 1. The van der Waals surface area contributed by atoms with Crippen LogP contribution < -0.4 is 4.74 Å². The van der Waals surface area contributed by atoms with E-state index < -0.39 is 0 Å². The highest BCUT2D eigenvalue weighted by molar-refractivity contribution is 8.02. The average molecular weight is 316 g/mol. The molecule has 0 aromatic carbocycles. The van der Waals surface area contributed by atoms with E-state index in [-0.39, 0.29) is 11.9 Å². The number of amides is 1. The molecule has 0 saturated heterocycles. The summed E-state index contributed by atoms with van der Waals surface area (Å²) in [4.78, 5) is 19.0. The SMILES string of the molecule is O=C1c2cnc(OC3CCCC3)cc2CCN1C1C=CSC1. The molecule has 1 saturated carbocycles. The number of pyridine rings is 1. The van der Waals surface area contributed by atoms with Gasteiger partial charge in [0, 0.05) is 24.6 Å². The van der Waals surface area contributed by atoms with E-state index in [0.717, 1.165) is 42.7 Å². The van der Waals surface area contributed by atoms with Crippen molar-refractivity contribution in [2.45, 2.75) is 44.2 Å². The second-order valence-electron chi connectivity index (χ2n) is 6.18. The first-order valence-corrected chi connectivity index (χ1v) is 9.11. The lowest BCUT2D eigenvalue weighted by Gasteiger charge is -2.32. The smallest absolute Gasteiger partial charge is 0.256 e. The first-order valence-electron chi connectivity index (χ1n) is 8.06. The predicted molar refractivity (Wildman–Crippen MR) is 87.2 cm³/mol. The van der Waals surface area contributed by atoms with Gasteiger partial charge in [-0.05, 0) is 43.1 Å². The van der Waals surface area contributed by atoms with Crippen molar-refractivity contribution < 1.29 is 9.53 Å². The van der Waals surface area contributed by atoms with Gasteiger partial charge in [-0.15, -0.1) is 11.8 Å². The first-order chi connectivity index (χ1) is 10.8. The van der Waals surface area contributed by atoms with Gasteiger partial charge in [-0.1, -0.05) is 6.08 Å². The van der Waals surface area contributed by atoms with Crippen molar-refractivity contribution >= 4 is 17.7 Å². The molecule has 0 bridgehead atoms. The van der Waals surface area contributed by atoms with Gasteiger partial charge >= 0.3 is 0 Å². The van der Waals surface area contributed by atoms with Crippen molar-refractivity contribution in [2.24, 2.45) is 0 Å². The first kappa shape index (κ1) is 14.1. The van der Waals surface area contributed by atoms with Gasteiger partial charge in [0.1, 0.15) is 6.10 Å². The highest BCUT2D eigenvalue weighted by atomic mass is 32.2. The van der Waals surface area contributed by atoms with Crippen LogP contribution in [0.15, 0.2) is 23.7 Å². The molecule has 1 fully saturated rings. The van der Waals surface area contributed by atoms with Gasteiger partial charge in [0.2, 0.25) is 5.88 Å². The van der Waals surface area contributed by atoms with Crippen molar-refractivity contribution in [3.8, 4) is 5.88 Å². The summed E-state index contributed by atoms with van der Waals surface area (Å²) in [6, 6.07) is 2.21. The molecule has 4 rings (SSSR count). The maximum absolute atomic E-state index is 12.7. The topological polar surface area (TPSA) is 42.4 Å². The molecule has 5 heteroatoms. The summed E-state index contributed by atoms with van der Waals surface area (Å²) in [6.45, 7) is 0.786. The maximum atomic E-state index is 12.7. The van der Waals surface area contributed by atoms with Crippen LogP contribution in [-0.2, 0) is 6.42 Å². The Labute approximate surface area is 134 Å². The molecule has 116 valence electrons. The molecular weight excluding hydrogens is 296 g/mol. The van der Waals surface area contributed by atoms with Gasteiger partial charge < -0.3 is 9.64 Å². The fraction of sp³-hybridized carbons (Fsp3) is 0.529. The summed E-state index contributed by atoms with van der Waals surface area (Å²) in [6.07, 6.45) is 9.76. The lowest BCUT2D eigenvalue weighted by Crippen LogP contribution is -2.44. The van der Waals surface area contributed by atoms with Crippen LogP contribution in [0.5, 0.6) is 5.88 Å². The molecule has 2 aliphatic heterocycles. The zero-order valence-corrected chi connectivity index (χ0v) is 13.3. The van der Waals surface area contributed by atoms with E-state index in [1.807, 2.05) is 11.0 Å². The van der Waals surface area contributed by atoms with Gasteiger partial charge in [-0.2, -0.15) is 0 Å². The molecular formula is C17H20N2O2S. The Hall–Kier alpha value is -1.49. The third-order valence-electron chi connectivity index (χ3n) is 4.73. The Morgan fingerprint density at radius 1 is 1.32 bits per heavy atom. The van der Waals surface area contributed by atoms with E-state index in [1.165, 1.54) is 12.8 Å². The van der Waals surface area contributed by atoms with Gasteiger partial charge in [0.15, 0.2) is 0 Å². The van der Waals surface area contributed by atoms with Crippen LogP contribution in [0.4, 0.5) is 0 Å². The summed E-state index contributed by atoms with van der Waals surface area (Å²) in [7, 11) is 0.